The van der Waals surface area contributed by atoms with E-state index in [1.165, 1.54) is 11.8 Å². The SMILES string of the molecule is COc1ccc(C)cc1NC(=O)[C@@H](C)Sc1nnc(C)n1C. The van der Waals surface area contributed by atoms with Gasteiger partial charge in [0.25, 0.3) is 0 Å². The molecule has 1 aromatic heterocycles. The number of aryl methyl sites for hydroxylation is 2. The topological polar surface area (TPSA) is 69.0 Å². The van der Waals surface area contributed by atoms with Crippen LogP contribution in [0.4, 0.5) is 5.69 Å². The Bertz CT molecular complexity index is 684. The largest absolute Gasteiger partial charge is 0.495 e. The molecule has 0 spiro atoms. The lowest BCUT2D eigenvalue weighted by Crippen LogP contribution is -2.23. The van der Waals surface area contributed by atoms with E-state index in [0.717, 1.165) is 16.5 Å². The predicted octanol–water partition coefficient (Wildman–Crippen LogP) is 2.56. The van der Waals surface area contributed by atoms with E-state index in [4.69, 9.17) is 4.74 Å². The van der Waals surface area contributed by atoms with E-state index in [-0.39, 0.29) is 11.2 Å². The number of anilines is 1. The zero-order valence-corrected chi connectivity index (χ0v) is 14.2. The molecule has 0 aliphatic carbocycles. The molecule has 1 aromatic carbocycles. The molecule has 2 rings (SSSR count). The molecule has 1 amide bonds. The van der Waals surface area contributed by atoms with Crippen molar-refractivity contribution in [3.63, 3.8) is 0 Å². The molecule has 1 N–H and O–H groups in total. The fraction of sp³-hybridized carbons (Fsp3) is 0.400. The smallest absolute Gasteiger partial charge is 0.237 e. The normalized spacial score (nSPS) is 12.0. The van der Waals surface area contributed by atoms with Gasteiger partial charge in [0.1, 0.15) is 11.6 Å². The van der Waals surface area contributed by atoms with Crippen LogP contribution in [0.2, 0.25) is 0 Å². The second-order valence-electron chi connectivity index (χ2n) is 5.04. The lowest BCUT2D eigenvalue weighted by atomic mass is 10.2. The minimum Gasteiger partial charge on any atom is -0.495 e. The summed E-state index contributed by atoms with van der Waals surface area (Å²) < 4.78 is 7.14. The van der Waals surface area contributed by atoms with E-state index >= 15 is 0 Å². The lowest BCUT2D eigenvalue weighted by Gasteiger charge is -2.14. The first-order valence-corrected chi connectivity index (χ1v) is 7.78. The van der Waals surface area contributed by atoms with E-state index in [1.807, 2.05) is 50.6 Å². The van der Waals surface area contributed by atoms with Gasteiger partial charge in [-0.1, -0.05) is 17.8 Å². The Balaban J connectivity index is 2.08. The molecular weight excluding hydrogens is 300 g/mol. The van der Waals surface area contributed by atoms with Crippen molar-refractivity contribution in [3.05, 3.63) is 29.6 Å². The molecule has 118 valence electrons. The van der Waals surface area contributed by atoms with Gasteiger partial charge in [0.15, 0.2) is 5.16 Å². The Morgan fingerprint density at radius 2 is 2.09 bits per heavy atom. The van der Waals surface area contributed by atoms with Crippen LogP contribution in [0, 0.1) is 13.8 Å². The number of thioether (sulfide) groups is 1. The fourth-order valence-corrected chi connectivity index (χ4v) is 2.72. The summed E-state index contributed by atoms with van der Waals surface area (Å²) in [6, 6.07) is 5.67. The predicted molar refractivity (Wildman–Crippen MR) is 87.4 cm³/mol. The van der Waals surface area contributed by atoms with Crippen molar-refractivity contribution in [1.82, 2.24) is 14.8 Å². The number of rotatable bonds is 5. The van der Waals surface area contributed by atoms with Gasteiger partial charge >= 0.3 is 0 Å². The highest BCUT2D eigenvalue weighted by molar-refractivity contribution is 8.00. The Morgan fingerprint density at radius 1 is 1.36 bits per heavy atom. The van der Waals surface area contributed by atoms with Crippen LogP contribution in [-0.2, 0) is 11.8 Å². The highest BCUT2D eigenvalue weighted by atomic mass is 32.2. The maximum absolute atomic E-state index is 12.4. The zero-order valence-electron chi connectivity index (χ0n) is 13.4. The first-order chi connectivity index (χ1) is 10.4. The van der Waals surface area contributed by atoms with E-state index in [2.05, 4.69) is 15.5 Å². The quantitative estimate of drug-likeness (QED) is 0.858. The van der Waals surface area contributed by atoms with Crippen molar-refractivity contribution in [2.24, 2.45) is 7.05 Å². The van der Waals surface area contributed by atoms with Crippen molar-refractivity contribution >= 4 is 23.4 Å². The first-order valence-electron chi connectivity index (χ1n) is 6.90. The molecule has 0 radical (unpaired) electrons. The van der Waals surface area contributed by atoms with Crippen LogP contribution in [0.3, 0.4) is 0 Å². The molecular formula is C15H20N4O2S. The van der Waals surface area contributed by atoms with Gasteiger partial charge in [0.2, 0.25) is 5.91 Å². The molecule has 0 bridgehead atoms. The summed E-state index contributed by atoms with van der Waals surface area (Å²) in [7, 11) is 3.46. The van der Waals surface area contributed by atoms with Gasteiger partial charge in [0.05, 0.1) is 18.0 Å². The number of nitrogens with zero attached hydrogens (tertiary/aromatic N) is 3. The number of benzene rings is 1. The van der Waals surface area contributed by atoms with Crippen molar-refractivity contribution in [1.29, 1.82) is 0 Å². The number of methoxy groups -OCH3 is 1. The summed E-state index contributed by atoms with van der Waals surface area (Å²) in [5.74, 6) is 1.36. The van der Waals surface area contributed by atoms with Crippen LogP contribution in [0.5, 0.6) is 5.75 Å². The molecule has 2 aromatic rings. The standard InChI is InChI=1S/C15H20N4O2S/c1-9-6-7-13(21-5)12(8-9)16-14(20)10(2)22-15-18-17-11(3)19(15)4/h6-8,10H,1-5H3,(H,16,20)/t10-/m1/s1. The van der Waals surface area contributed by atoms with Crippen molar-refractivity contribution < 1.29 is 9.53 Å². The first kappa shape index (κ1) is 16.4. The third-order valence-electron chi connectivity index (χ3n) is 3.32. The molecule has 1 atom stereocenters. The highest BCUT2D eigenvalue weighted by Crippen LogP contribution is 2.27. The molecule has 0 saturated carbocycles. The third-order valence-corrected chi connectivity index (χ3v) is 4.45. The second kappa shape index (κ2) is 6.83. The number of aromatic nitrogens is 3. The molecule has 1 heterocycles. The number of nitrogens with one attached hydrogen (secondary N) is 1. The minimum absolute atomic E-state index is 0.102. The fourth-order valence-electron chi connectivity index (χ4n) is 1.86. The van der Waals surface area contributed by atoms with E-state index in [9.17, 15) is 4.79 Å². The third kappa shape index (κ3) is 3.59. The average Bonchev–Trinajstić information content (AvgIpc) is 2.79. The second-order valence-corrected chi connectivity index (χ2v) is 6.35. The molecule has 0 saturated heterocycles. The molecule has 0 fully saturated rings. The van der Waals surface area contributed by atoms with E-state index in [1.54, 1.807) is 7.11 Å². The summed E-state index contributed by atoms with van der Waals surface area (Å²) in [6.07, 6.45) is 0. The monoisotopic (exact) mass is 320 g/mol. The molecule has 0 unspecified atom stereocenters. The molecule has 7 heteroatoms. The Labute approximate surface area is 134 Å². The number of carbonyl (C=O) groups is 1. The Hall–Kier alpha value is -2.02. The van der Waals surface area contributed by atoms with Crippen LogP contribution in [0.25, 0.3) is 0 Å². The summed E-state index contributed by atoms with van der Waals surface area (Å²) in [4.78, 5) is 12.4. The Morgan fingerprint density at radius 3 is 2.68 bits per heavy atom. The number of hydrogen-bond donors (Lipinski definition) is 1. The van der Waals surface area contributed by atoms with Crippen molar-refractivity contribution in [2.45, 2.75) is 31.2 Å². The minimum atomic E-state index is -0.299. The van der Waals surface area contributed by atoms with Crippen molar-refractivity contribution in [3.8, 4) is 5.75 Å². The highest BCUT2D eigenvalue weighted by Gasteiger charge is 2.19. The van der Waals surface area contributed by atoms with Gasteiger partial charge < -0.3 is 14.6 Å². The van der Waals surface area contributed by atoms with Gasteiger partial charge in [0, 0.05) is 7.05 Å². The van der Waals surface area contributed by atoms with Crippen molar-refractivity contribution in [2.75, 3.05) is 12.4 Å². The average molecular weight is 320 g/mol. The number of hydrogen-bond acceptors (Lipinski definition) is 5. The number of amides is 1. The summed E-state index contributed by atoms with van der Waals surface area (Å²) >= 11 is 1.37. The summed E-state index contributed by atoms with van der Waals surface area (Å²) in [6.45, 7) is 5.68. The Kier molecular flexibility index (Phi) is 5.07. The van der Waals surface area contributed by atoms with Gasteiger partial charge in [-0.15, -0.1) is 10.2 Å². The molecule has 0 aliphatic rings. The van der Waals surface area contributed by atoms with Crippen LogP contribution in [0.15, 0.2) is 23.4 Å². The molecule has 6 nitrogen and oxygen atoms in total. The molecule has 0 aliphatic heterocycles. The van der Waals surface area contributed by atoms with Gasteiger partial charge in [-0.05, 0) is 38.5 Å². The lowest BCUT2D eigenvalue weighted by molar-refractivity contribution is -0.115. The van der Waals surface area contributed by atoms with E-state index < -0.39 is 0 Å². The van der Waals surface area contributed by atoms with Gasteiger partial charge in [-0.25, -0.2) is 0 Å². The van der Waals surface area contributed by atoms with Crippen LogP contribution >= 0.6 is 11.8 Å². The van der Waals surface area contributed by atoms with E-state index in [0.29, 0.717) is 11.4 Å². The van der Waals surface area contributed by atoms with Crippen LogP contribution in [-0.4, -0.2) is 33.0 Å². The molecule has 22 heavy (non-hydrogen) atoms. The summed E-state index contributed by atoms with van der Waals surface area (Å²) in [5, 5.41) is 11.4. The van der Waals surface area contributed by atoms with Gasteiger partial charge in [-0.2, -0.15) is 0 Å². The summed E-state index contributed by atoms with van der Waals surface area (Å²) in [5.41, 5.74) is 1.73. The maximum atomic E-state index is 12.4. The zero-order chi connectivity index (χ0) is 16.3. The maximum Gasteiger partial charge on any atom is 0.237 e. The van der Waals surface area contributed by atoms with Crippen LogP contribution in [0.1, 0.15) is 18.3 Å². The van der Waals surface area contributed by atoms with Gasteiger partial charge in [-0.3, -0.25) is 4.79 Å². The van der Waals surface area contributed by atoms with Crippen LogP contribution < -0.4 is 10.1 Å². The number of ether oxygens (including phenoxy) is 1. The number of carbonyl (C=O) groups excluding carboxylic acids is 1.